The van der Waals surface area contributed by atoms with Crippen molar-refractivity contribution in [1.82, 2.24) is 0 Å². The summed E-state index contributed by atoms with van der Waals surface area (Å²) in [6.07, 6.45) is 51.3. The smallest absolute Gasteiger partial charge is 0.306 e. The van der Waals surface area contributed by atoms with Crippen LogP contribution in [0.5, 0.6) is 0 Å². The lowest BCUT2D eigenvalue weighted by molar-refractivity contribution is -0.167. The second-order valence-corrected chi connectivity index (χ2v) is 16.0. The van der Waals surface area contributed by atoms with Crippen LogP contribution < -0.4 is 0 Å². The average molecular weight is 787 g/mol. The fourth-order valence-electron chi connectivity index (χ4n) is 6.65. The molecule has 0 aromatic carbocycles. The molecular formula is C50H90O6. The monoisotopic (exact) mass is 787 g/mol. The number of carbonyl (C=O) groups excluding carboxylic acids is 3. The zero-order valence-electron chi connectivity index (χ0n) is 37.2. The van der Waals surface area contributed by atoms with Gasteiger partial charge in [0, 0.05) is 19.3 Å². The Balaban J connectivity index is 4.32. The van der Waals surface area contributed by atoms with Crippen molar-refractivity contribution in [3.05, 3.63) is 36.5 Å². The van der Waals surface area contributed by atoms with Crippen LogP contribution in [0.3, 0.4) is 0 Å². The molecule has 0 aromatic heterocycles. The van der Waals surface area contributed by atoms with E-state index in [9.17, 15) is 14.4 Å². The van der Waals surface area contributed by atoms with E-state index in [-0.39, 0.29) is 31.1 Å². The van der Waals surface area contributed by atoms with Crippen LogP contribution in [0, 0.1) is 0 Å². The van der Waals surface area contributed by atoms with Crippen molar-refractivity contribution in [3.63, 3.8) is 0 Å². The fraction of sp³-hybridized carbons (Fsp3) is 0.820. The van der Waals surface area contributed by atoms with Gasteiger partial charge in [-0.25, -0.2) is 0 Å². The van der Waals surface area contributed by atoms with E-state index >= 15 is 0 Å². The highest BCUT2D eigenvalue weighted by molar-refractivity contribution is 5.71. The highest BCUT2D eigenvalue weighted by Crippen LogP contribution is 2.14. The van der Waals surface area contributed by atoms with Gasteiger partial charge >= 0.3 is 17.9 Å². The van der Waals surface area contributed by atoms with E-state index in [1.807, 2.05) is 0 Å². The standard InChI is InChI=1S/C50H90O6/c1-4-7-10-13-16-19-22-23-24-25-26-27-29-31-34-37-40-43-49(52)55-46-47(45-54-48(51)42-39-36-33-30-21-18-15-12-9-6-3)56-50(53)44-41-38-35-32-28-20-17-14-11-8-5-2/h12,14-15,17,23-24,47H,4-11,13,16,18-22,25-46H2,1-3H3/b15-12-,17-14-,24-23-. The highest BCUT2D eigenvalue weighted by Gasteiger charge is 2.19. The Bertz CT molecular complexity index is 953. The highest BCUT2D eigenvalue weighted by atomic mass is 16.6. The van der Waals surface area contributed by atoms with Crippen molar-refractivity contribution in [3.8, 4) is 0 Å². The van der Waals surface area contributed by atoms with Gasteiger partial charge in [0.25, 0.3) is 0 Å². The summed E-state index contributed by atoms with van der Waals surface area (Å²) in [5.41, 5.74) is 0. The number of rotatable bonds is 43. The van der Waals surface area contributed by atoms with Gasteiger partial charge in [-0.05, 0) is 83.5 Å². The summed E-state index contributed by atoms with van der Waals surface area (Å²) in [7, 11) is 0. The van der Waals surface area contributed by atoms with E-state index in [1.54, 1.807) is 0 Å². The molecule has 0 radical (unpaired) electrons. The minimum absolute atomic E-state index is 0.0796. The van der Waals surface area contributed by atoms with E-state index in [0.29, 0.717) is 19.3 Å². The molecule has 0 saturated carbocycles. The Morgan fingerprint density at radius 1 is 0.339 bits per heavy atom. The molecule has 0 aliphatic heterocycles. The molecule has 56 heavy (non-hydrogen) atoms. The number of hydrogen-bond donors (Lipinski definition) is 0. The van der Waals surface area contributed by atoms with Crippen LogP contribution in [0.4, 0.5) is 0 Å². The van der Waals surface area contributed by atoms with Crippen LogP contribution in [0.1, 0.15) is 245 Å². The lowest BCUT2D eigenvalue weighted by Crippen LogP contribution is -2.30. The second-order valence-electron chi connectivity index (χ2n) is 16.0. The van der Waals surface area contributed by atoms with Crippen molar-refractivity contribution in [2.75, 3.05) is 13.2 Å². The normalized spacial score (nSPS) is 12.3. The molecule has 1 unspecified atom stereocenters. The first-order chi connectivity index (χ1) is 27.5. The molecule has 0 rings (SSSR count). The molecule has 0 N–H and O–H groups in total. The largest absolute Gasteiger partial charge is 0.462 e. The van der Waals surface area contributed by atoms with Crippen LogP contribution in [0.2, 0.25) is 0 Å². The van der Waals surface area contributed by atoms with Crippen LogP contribution >= 0.6 is 0 Å². The van der Waals surface area contributed by atoms with Gasteiger partial charge in [-0.3, -0.25) is 14.4 Å². The second kappa shape index (κ2) is 45.3. The summed E-state index contributed by atoms with van der Waals surface area (Å²) in [4.78, 5) is 37.7. The molecule has 1 atom stereocenters. The first kappa shape index (κ1) is 53.6. The average Bonchev–Trinajstić information content (AvgIpc) is 3.19. The van der Waals surface area contributed by atoms with Gasteiger partial charge in [0.15, 0.2) is 6.10 Å². The topological polar surface area (TPSA) is 78.9 Å². The molecule has 6 nitrogen and oxygen atoms in total. The maximum atomic E-state index is 12.7. The summed E-state index contributed by atoms with van der Waals surface area (Å²) in [6.45, 7) is 6.52. The molecular weight excluding hydrogens is 697 g/mol. The molecule has 0 aliphatic carbocycles. The predicted molar refractivity (Wildman–Crippen MR) is 238 cm³/mol. The summed E-state index contributed by atoms with van der Waals surface area (Å²) in [5.74, 6) is -0.902. The van der Waals surface area contributed by atoms with Gasteiger partial charge in [-0.2, -0.15) is 0 Å². The SMILES string of the molecule is CCC/C=C\CCCCCCCC(=O)OCC(COC(=O)CCCCCCCCC/C=C\CCCCCCCC)OC(=O)CCCCCCC/C=C\CCCC. The Kier molecular flexibility index (Phi) is 43.4. The Hall–Kier alpha value is -2.37. The van der Waals surface area contributed by atoms with E-state index < -0.39 is 6.10 Å². The third-order valence-corrected chi connectivity index (χ3v) is 10.3. The summed E-state index contributed by atoms with van der Waals surface area (Å²) >= 11 is 0. The van der Waals surface area contributed by atoms with Crippen LogP contribution in [0.15, 0.2) is 36.5 Å². The zero-order chi connectivity index (χ0) is 40.8. The first-order valence-electron chi connectivity index (χ1n) is 24.0. The molecule has 0 fully saturated rings. The Morgan fingerprint density at radius 3 is 1.02 bits per heavy atom. The molecule has 0 aromatic rings. The molecule has 326 valence electrons. The summed E-state index contributed by atoms with van der Waals surface area (Å²) in [5, 5.41) is 0. The number of unbranched alkanes of at least 4 members (excludes halogenated alkanes) is 26. The lowest BCUT2D eigenvalue weighted by Gasteiger charge is -2.18. The van der Waals surface area contributed by atoms with Crippen LogP contribution in [-0.2, 0) is 28.6 Å². The quantitative estimate of drug-likeness (QED) is 0.0265. The number of ether oxygens (including phenoxy) is 3. The Labute approximate surface area is 346 Å². The number of carbonyl (C=O) groups is 3. The van der Waals surface area contributed by atoms with Gasteiger partial charge in [-0.15, -0.1) is 0 Å². The third kappa shape index (κ3) is 42.8. The first-order valence-corrected chi connectivity index (χ1v) is 24.0. The van der Waals surface area contributed by atoms with Gasteiger partial charge in [0.2, 0.25) is 0 Å². The molecule has 0 heterocycles. The van der Waals surface area contributed by atoms with Crippen molar-refractivity contribution in [1.29, 1.82) is 0 Å². The van der Waals surface area contributed by atoms with E-state index in [2.05, 4.69) is 57.2 Å². The molecule has 0 spiro atoms. The number of allylic oxidation sites excluding steroid dienone is 6. The third-order valence-electron chi connectivity index (χ3n) is 10.3. The Morgan fingerprint density at radius 2 is 0.643 bits per heavy atom. The molecule has 0 amide bonds. The van der Waals surface area contributed by atoms with E-state index in [1.165, 1.54) is 122 Å². The number of esters is 3. The molecule has 0 aliphatic rings. The number of hydrogen-bond acceptors (Lipinski definition) is 6. The minimum atomic E-state index is -0.777. The fourth-order valence-corrected chi connectivity index (χ4v) is 6.65. The van der Waals surface area contributed by atoms with Gasteiger partial charge < -0.3 is 14.2 Å². The van der Waals surface area contributed by atoms with Crippen LogP contribution in [0.25, 0.3) is 0 Å². The van der Waals surface area contributed by atoms with Crippen molar-refractivity contribution < 1.29 is 28.6 Å². The summed E-state index contributed by atoms with van der Waals surface area (Å²) < 4.78 is 16.7. The maximum Gasteiger partial charge on any atom is 0.306 e. The minimum Gasteiger partial charge on any atom is -0.462 e. The van der Waals surface area contributed by atoms with Gasteiger partial charge in [-0.1, -0.05) is 179 Å². The predicted octanol–water partition coefficient (Wildman–Crippen LogP) is 15.4. The van der Waals surface area contributed by atoms with E-state index in [0.717, 1.165) is 83.5 Å². The van der Waals surface area contributed by atoms with Crippen molar-refractivity contribution in [2.45, 2.75) is 252 Å². The molecule has 0 saturated heterocycles. The zero-order valence-corrected chi connectivity index (χ0v) is 37.2. The molecule has 0 bridgehead atoms. The van der Waals surface area contributed by atoms with Crippen LogP contribution in [-0.4, -0.2) is 37.2 Å². The molecule has 6 heteroatoms. The van der Waals surface area contributed by atoms with E-state index in [4.69, 9.17) is 14.2 Å². The van der Waals surface area contributed by atoms with Crippen molar-refractivity contribution in [2.24, 2.45) is 0 Å². The lowest BCUT2D eigenvalue weighted by atomic mass is 10.1. The summed E-state index contributed by atoms with van der Waals surface area (Å²) in [6, 6.07) is 0. The van der Waals surface area contributed by atoms with Gasteiger partial charge in [0.05, 0.1) is 0 Å². The van der Waals surface area contributed by atoms with Crippen molar-refractivity contribution >= 4 is 17.9 Å². The van der Waals surface area contributed by atoms with Gasteiger partial charge in [0.1, 0.15) is 13.2 Å². The maximum absolute atomic E-state index is 12.7.